The van der Waals surface area contributed by atoms with Gasteiger partial charge < -0.3 is 5.32 Å². The molecule has 146 valence electrons. The first-order valence-electron chi connectivity index (χ1n) is 9.61. The van der Waals surface area contributed by atoms with E-state index in [2.05, 4.69) is 50.6 Å². The minimum absolute atomic E-state index is 0.0378. The first-order valence-corrected chi connectivity index (χ1v) is 11.4. The van der Waals surface area contributed by atoms with Crippen molar-refractivity contribution in [2.75, 3.05) is 6.54 Å². The van der Waals surface area contributed by atoms with Crippen LogP contribution in [-0.2, 0) is 4.79 Å². The second kappa shape index (κ2) is 8.49. The van der Waals surface area contributed by atoms with Crippen molar-refractivity contribution in [3.8, 4) is 10.7 Å². The highest BCUT2D eigenvalue weighted by Gasteiger charge is 2.31. The van der Waals surface area contributed by atoms with Crippen molar-refractivity contribution in [1.82, 2.24) is 20.1 Å². The van der Waals surface area contributed by atoms with Gasteiger partial charge in [-0.05, 0) is 42.7 Å². The summed E-state index contributed by atoms with van der Waals surface area (Å²) < 4.78 is 2.22. The van der Waals surface area contributed by atoms with Crippen LogP contribution >= 0.6 is 23.1 Å². The number of nitrogens with zero attached hydrogens (tertiary/aromatic N) is 3. The molecule has 1 N–H and O–H groups in total. The van der Waals surface area contributed by atoms with E-state index in [0.29, 0.717) is 12.6 Å². The summed E-state index contributed by atoms with van der Waals surface area (Å²) in [6, 6.07) is 14.8. The van der Waals surface area contributed by atoms with E-state index in [1.807, 2.05) is 31.2 Å². The van der Waals surface area contributed by atoms with E-state index in [9.17, 15) is 4.79 Å². The predicted octanol–water partition coefficient (Wildman–Crippen LogP) is 4.74. The molecular formula is C21H24N4OS2. The first kappa shape index (κ1) is 19.2. The molecule has 2 atom stereocenters. The summed E-state index contributed by atoms with van der Waals surface area (Å²) in [4.78, 5) is 13.8. The van der Waals surface area contributed by atoms with Gasteiger partial charge in [-0.3, -0.25) is 9.36 Å². The van der Waals surface area contributed by atoms with E-state index < -0.39 is 0 Å². The Morgan fingerprint density at radius 1 is 1.21 bits per heavy atom. The molecule has 2 unspecified atom stereocenters. The van der Waals surface area contributed by atoms with Crippen molar-refractivity contribution in [1.29, 1.82) is 0 Å². The number of hydrogen-bond donors (Lipinski definition) is 1. The van der Waals surface area contributed by atoms with Crippen molar-refractivity contribution >= 4 is 29.0 Å². The smallest absolute Gasteiger partial charge is 0.233 e. The van der Waals surface area contributed by atoms with E-state index in [4.69, 9.17) is 0 Å². The Kier molecular flexibility index (Phi) is 5.82. The van der Waals surface area contributed by atoms with Crippen LogP contribution in [0.15, 0.2) is 53.0 Å². The predicted molar refractivity (Wildman–Crippen MR) is 115 cm³/mol. The summed E-state index contributed by atoms with van der Waals surface area (Å²) in [5.41, 5.74) is 1.23. The molecule has 5 nitrogen and oxygen atoms in total. The molecule has 7 heteroatoms. The van der Waals surface area contributed by atoms with Crippen LogP contribution in [0.4, 0.5) is 0 Å². The van der Waals surface area contributed by atoms with Gasteiger partial charge in [-0.15, -0.1) is 21.5 Å². The topological polar surface area (TPSA) is 59.8 Å². The molecule has 1 saturated carbocycles. The second-order valence-electron chi connectivity index (χ2n) is 7.20. The van der Waals surface area contributed by atoms with E-state index in [-0.39, 0.29) is 17.1 Å². The summed E-state index contributed by atoms with van der Waals surface area (Å²) in [6.07, 6.45) is 2.30. The number of carbonyl (C=O) groups excluding carboxylic acids is 1. The normalized spacial score (nSPS) is 15.9. The van der Waals surface area contributed by atoms with Gasteiger partial charge in [0, 0.05) is 12.6 Å². The molecule has 4 rings (SSSR count). The molecule has 1 amide bonds. The average molecular weight is 413 g/mol. The number of aromatic nitrogens is 3. The van der Waals surface area contributed by atoms with Gasteiger partial charge in [0.15, 0.2) is 11.0 Å². The summed E-state index contributed by atoms with van der Waals surface area (Å²) in [7, 11) is 0. The molecule has 0 aliphatic heterocycles. The molecule has 2 heterocycles. The number of thiophene rings is 1. The van der Waals surface area contributed by atoms with Crippen molar-refractivity contribution < 1.29 is 4.79 Å². The number of hydrogen-bond acceptors (Lipinski definition) is 5. The first-order chi connectivity index (χ1) is 13.6. The molecule has 0 saturated heterocycles. The number of carbonyl (C=O) groups is 1. The maximum absolute atomic E-state index is 12.6. The Morgan fingerprint density at radius 3 is 2.68 bits per heavy atom. The van der Waals surface area contributed by atoms with Crippen LogP contribution in [0.3, 0.4) is 0 Å². The molecule has 28 heavy (non-hydrogen) atoms. The third kappa shape index (κ3) is 4.31. The molecule has 0 spiro atoms. The van der Waals surface area contributed by atoms with Crippen LogP contribution in [0.2, 0.25) is 0 Å². The number of nitrogens with one attached hydrogen (secondary N) is 1. The van der Waals surface area contributed by atoms with Crippen LogP contribution in [0.1, 0.15) is 44.2 Å². The lowest BCUT2D eigenvalue weighted by atomic mass is 10.0. The minimum atomic E-state index is -0.221. The molecule has 2 aromatic heterocycles. The zero-order chi connectivity index (χ0) is 19.5. The lowest BCUT2D eigenvalue weighted by Gasteiger charge is -2.16. The van der Waals surface area contributed by atoms with Crippen LogP contribution < -0.4 is 5.32 Å². The monoisotopic (exact) mass is 412 g/mol. The zero-order valence-electron chi connectivity index (χ0n) is 16.0. The third-order valence-electron chi connectivity index (χ3n) is 4.92. The van der Waals surface area contributed by atoms with Gasteiger partial charge in [-0.25, -0.2) is 0 Å². The van der Waals surface area contributed by atoms with Crippen LogP contribution in [-0.4, -0.2) is 32.5 Å². The Labute approximate surface area is 173 Å². The molecule has 1 aromatic carbocycles. The van der Waals surface area contributed by atoms with Gasteiger partial charge >= 0.3 is 0 Å². The molecule has 0 radical (unpaired) electrons. The average Bonchev–Trinajstić information content (AvgIpc) is 3.24. The fourth-order valence-corrected chi connectivity index (χ4v) is 4.75. The van der Waals surface area contributed by atoms with E-state index in [1.165, 1.54) is 17.3 Å². The number of thioether (sulfide) groups is 1. The molecule has 3 aromatic rings. The second-order valence-corrected chi connectivity index (χ2v) is 9.46. The quantitative estimate of drug-likeness (QED) is 0.543. The van der Waals surface area contributed by atoms with Crippen LogP contribution in [0.5, 0.6) is 0 Å². The van der Waals surface area contributed by atoms with Gasteiger partial charge in [0.2, 0.25) is 5.91 Å². The van der Waals surface area contributed by atoms with Gasteiger partial charge in [0.1, 0.15) is 0 Å². The van der Waals surface area contributed by atoms with Gasteiger partial charge in [0.05, 0.1) is 10.1 Å². The maximum atomic E-state index is 12.6. The Balaban J connectivity index is 1.39. The van der Waals surface area contributed by atoms with Gasteiger partial charge in [-0.2, -0.15) is 0 Å². The molecule has 0 bridgehead atoms. The Hall–Kier alpha value is -2.12. The van der Waals surface area contributed by atoms with E-state index in [1.54, 1.807) is 11.3 Å². The summed E-state index contributed by atoms with van der Waals surface area (Å²) in [5, 5.41) is 14.6. The third-order valence-corrected chi connectivity index (χ3v) is 6.84. The lowest BCUT2D eigenvalue weighted by Crippen LogP contribution is -2.33. The van der Waals surface area contributed by atoms with E-state index in [0.717, 1.165) is 28.7 Å². The standard InChI is InChI=1S/C21H24N4OS2/c1-14(16-7-4-3-5-8-16)13-22-20(26)15(2)28-21-24-23-19(18-9-6-12-27-18)25(21)17-10-11-17/h3-9,12,14-15,17H,10-11,13H2,1-2H3,(H,22,26). The van der Waals surface area contributed by atoms with Crippen molar-refractivity contribution in [2.24, 2.45) is 0 Å². The molecule has 1 fully saturated rings. The van der Waals surface area contributed by atoms with Gasteiger partial charge in [-0.1, -0.05) is 55.1 Å². The highest BCUT2D eigenvalue weighted by Crippen LogP contribution is 2.42. The summed E-state index contributed by atoms with van der Waals surface area (Å²) in [6.45, 7) is 4.69. The highest BCUT2D eigenvalue weighted by atomic mass is 32.2. The van der Waals surface area contributed by atoms with Crippen molar-refractivity contribution in [2.45, 2.75) is 49.1 Å². The molecule has 1 aliphatic carbocycles. The molecular weight excluding hydrogens is 388 g/mol. The van der Waals surface area contributed by atoms with Gasteiger partial charge in [0.25, 0.3) is 0 Å². The maximum Gasteiger partial charge on any atom is 0.233 e. The Morgan fingerprint density at radius 2 is 2.00 bits per heavy atom. The fourth-order valence-electron chi connectivity index (χ4n) is 3.10. The van der Waals surface area contributed by atoms with Crippen molar-refractivity contribution in [3.63, 3.8) is 0 Å². The SMILES string of the molecule is CC(Sc1nnc(-c2cccs2)n1C1CC1)C(=O)NCC(C)c1ccccc1. The van der Waals surface area contributed by atoms with E-state index >= 15 is 0 Å². The Bertz CT molecular complexity index is 919. The fraction of sp³-hybridized carbons (Fsp3) is 0.381. The van der Waals surface area contributed by atoms with Crippen LogP contribution in [0, 0.1) is 0 Å². The number of benzene rings is 1. The minimum Gasteiger partial charge on any atom is -0.355 e. The summed E-state index contributed by atoms with van der Waals surface area (Å²) in [5.74, 6) is 1.24. The molecule has 1 aliphatic rings. The summed E-state index contributed by atoms with van der Waals surface area (Å²) >= 11 is 3.17. The van der Waals surface area contributed by atoms with Crippen molar-refractivity contribution in [3.05, 3.63) is 53.4 Å². The lowest BCUT2D eigenvalue weighted by molar-refractivity contribution is -0.120. The number of amides is 1. The largest absolute Gasteiger partial charge is 0.355 e. The number of rotatable bonds is 8. The zero-order valence-corrected chi connectivity index (χ0v) is 17.7. The highest BCUT2D eigenvalue weighted by molar-refractivity contribution is 8.00. The van der Waals surface area contributed by atoms with Crippen LogP contribution in [0.25, 0.3) is 10.7 Å².